The maximum absolute atomic E-state index is 5.33. The van der Waals surface area contributed by atoms with Crippen LogP contribution in [0.4, 0.5) is 0 Å². The van der Waals surface area contributed by atoms with Crippen molar-refractivity contribution in [1.29, 1.82) is 0 Å². The summed E-state index contributed by atoms with van der Waals surface area (Å²) in [7, 11) is 0. The normalized spacial score (nSPS) is 11.8. The number of para-hydroxylation sites is 2. The van der Waals surface area contributed by atoms with Gasteiger partial charge in [-0.15, -0.1) is 0 Å². The molecule has 0 aliphatic carbocycles. The lowest BCUT2D eigenvalue weighted by atomic mass is 10.1. The van der Waals surface area contributed by atoms with E-state index < -0.39 is 0 Å². The zero-order chi connectivity index (χ0) is 25.2. The smallest absolute Gasteiger partial charge is 0.222 e. The Bertz CT molecular complexity index is 2120. The van der Waals surface area contributed by atoms with Gasteiger partial charge in [-0.1, -0.05) is 94.8 Å². The Morgan fingerprint density at radius 1 is 0.526 bits per heavy atom. The summed E-state index contributed by atoms with van der Waals surface area (Å²) in [6.07, 6.45) is 0. The lowest BCUT2D eigenvalue weighted by Crippen LogP contribution is -1.97. The highest BCUT2D eigenvalue weighted by Gasteiger charge is 2.23. The van der Waals surface area contributed by atoms with Gasteiger partial charge in [-0.3, -0.25) is 13.5 Å². The lowest BCUT2D eigenvalue weighted by molar-refractivity contribution is 1.09. The molecule has 0 radical (unpaired) electrons. The molecule has 180 valence electrons. The Morgan fingerprint density at radius 3 is 1.97 bits per heavy atom. The number of nitrogens with zero attached hydrogens (tertiary/aromatic N) is 4. The first-order valence-electron chi connectivity index (χ1n) is 12.6. The van der Waals surface area contributed by atoms with Gasteiger partial charge in [-0.25, -0.2) is 0 Å². The van der Waals surface area contributed by atoms with Crippen molar-refractivity contribution in [3.8, 4) is 22.5 Å². The molecule has 3 aromatic heterocycles. The molecule has 0 fully saturated rings. The van der Waals surface area contributed by atoms with Crippen LogP contribution in [0, 0.1) is 0 Å². The van der Waals surface area contributed by atoms with E-state index in [9.17, 15) is 0 Å². The van der Waals surface area contributed by atoms with Crippen molar-refractivity contribution in [2.24, 2.45) is 0 Å². The van der Waals surface area contributed by atoms with E-state index in [2.05, 4.69) is 145 Å². The minimum absolute atomic E-state index is 0.898. The number of aromatic nitrogens is 4. The summed E-state index contributed by atoms with van der Waals surface area (Å²) in [5, 5.41) is 1.18. The third-order valence-corrected chi connectivity index (χ3v) is 7.81. The van der Waals surface area contributed by atoms with E-state index in [0.717, 1.165) is 49.3 Å². The molecule has 0 bridgehead atoms. The highest BCUT2D eigenvalue weighted by Crippen LogP contribution is 2.37. The molecular formula is C33H21BrN4. The number of halogens is 1. The monoisotopic (exact) mass is 552 g/mol. The first-order chi connectivity index (χ1) is 18.8. The molecular weight excluding hydrogens is 532 g/mol. The SMILES string of the molecule is Brc1ccc2c(c1)n(-c1ccccc1)c1nc3c(c4ccccc4n3-c3ccc(-c4ccccc4)cc3)n21. The average molecular weight is 553 g/mol. The van der Waals surface area contributed by atoms with Gasteiger partial charge in [0.2, 0.25) is 5.78 Å². The van der Waals surface area contributed by atoms with Crippen LogP contribution in [-0.4, -0.2) is 18.5 Å². The van der Waals surface area contributed by atoms with Crippen molar-refractivity contribution in [2.75, 3.05) is 0 Å². The maximum Gasteiger partial charge on any atom is 0.222 e. The summed E-state index contributed by atoms with van der Waals surface area (Å²) in [6.45, 7) is 0. The molecule has 4 nitrogen and oxygen atoms in total. The molecule has 0 atom stereocenters. The van der Waals surface area contributed by atoms with E-state index in [1.165, 1.54) is 16.5 Å². The Morgan fingerprint density at radius 2 is 1.18 bits per heavy atom. The first-order valence-corrected chi connectivity index (χ1v) is 13.4. The second-order valence-electron chi connectivity index (χ2n) is 9.49. The zero-order valence-corrected chi connectivity index (χ0v) is 21.9. The van der Waals surface area contributed by atoms with Crippen molar-refractivity contribution >= 4 is 54.8 Å². The molecule has 8 rings (SSSR count). The summed E-state index contributed by atoms with van der Waals surface area (Å²) in [5.74, 6) is 0.898. The van der Waals surface area contributed by atoms with E-state index in [4.69, 9.17) is 4.98 Å². The van der Waals surface area contributed by atoms with Gasteiger partial charge in [-0.05, 0) is 59.7 Å². The third kappa shape index (κ3) is 3.06. The van der Waals surface area contributed by atoms with Crippen LogP contribution in [0.1, 0.15) is 0 Å². The molecule has 0 aliphatic heterocycles. The van der Waals surface area contributed by atoms with Gasteiger partial charge in [0.15, 0.2) is 5.65 Å². The summed E-state index contributed by atoms with van der Waals surface area (Å²) in [5.41, 5.74) is 10.0. The van der Waals surface area contributed by atoms with Crippen LogP contribution in [0.15, 0.2) is 132 Å². The molecule has 38 heavy (non-hydrogen) atoms. The first kappa shape index (κ1) is 21.5. The summed E-state index contributed by atoms with van der Waals surface area (Å²) in [6, 6.07) is 44.8. The van der Waals surface area contributed by atoms with Gasteiger partial charge in [-0.2, -0.15) is 4.98 Å². The number of hydrogen-bond donors (Lipinski definition) is 0. The molecule has 0 saturated carbocycles. The largest absolute Gasteiger partial charge is 0.292 e. The molecule has 0 aliphatic rings. The van der Waals surface area contributed by atoms with Crippen LogP contribution < -0.4 is 0 Å². The minimum atomic E-state index is 0.898. The van der Waals surface area contributed by atoms with Crippen molar-refractivity contribution in [2.45, 2.75) is 0 Å². The van der Waals surface area contributed by atoms with Gasteiger partial charge >= 0.3 is 0 Å². The van der Waals surface area contributed by atoms with Crippen LogP contribution in [0.25, 0.3) is 61.4 Å². The Kier molecular flexibility index (Phi) is 4.63. The topological polar surface area (TPSA) is 27.2 Å². The maximum atomic E-state index is 5.33. The average Bonchev–Trinajstić information content (AvgIpc) is 3.59. The van der Waals surface area contributed by atoms with Crippen LogP contribution in [0.3, 0.4) is 0 Å². The fourth-order valence-electron chi connectivity index (χ4n) is 5.65. The third-order valence-electron chi connectivity index (χ3n) is 7.32. The summed E-state index contributed by atoms with van der Waals surface area (Å²) >= 11 is 3.68. The molecule has 8 aromatic rings. The molecule has 5 heteroatoms. The standard InChI is InChI=1S/C33H21BrN4/c34-24-17-20-29-30(21-24)37(25-11-5-2-6-12-25)33-35-32-31(38(29)33)27-13-7-8-14-28(27)36(32)26-18-15-23(16-19-26)22-9-3-1-4-10-22/h1-21H. The second-order valence-corrected chi connectivity index (χ2v) is 10.4. The van der Waals surface area contributed by atoms with Crippen LogP contribution >= 0.6 is 15.9 Å². The molecule has 0 amide bonds. The molecule has 0 saturated heterocycles. The van der Waals surface area contributed by atoms with Crippen molar-refractivity contribution in [3.05, 3.63) is 132 Å². The van der Waals surface area contributed by atoms with Crippen molar-refractivity contribution in [1.82, 2.24) is 18.5 Å². The number of imidazole rings is 2. The van der Waals surface area contributed by atoms with E-state index in [1.54, 1.807) is 0 Å². The fraction of sp³-hybridized carbons (Fsp3) is 0. The summed E-state index contributed by atoms with van der Waals surface area (Å²) < 4.78 is 7.88. The van der Waals surface area contributed by atoms with Crippen LogP contribution in [0.2, 0.25) is 0 Å². The van der Waals surface area contributed by atoms with Gasteiger partial charge in [0, 0.05) is 21.2 Å². The highest BCUT2D eigenvalue weighted by molar-refractivity contribution is 9.10. The number of rotatable bonds is 3. The van der Waals surface area contributed by atoms with E-state index in [0.29, 0.717) is 0 Å². The molecule has 3 heterocycles. The van der Waals surface area contributed by atoms with Crippen LogP contribution in [0.5, 0.6) is 0 Å². The molecule has 5 aromatic carbocycles. The minimum Gasteiger partial charge on any atom is -0.292 e. The highest BCUT2D eigenvalue weighted by atomic mass is 79.9. The van der Waals surface area contributed by atoms with Gasteiger partial charge in [0.05, 0.1) is 16.6 Å². The second kappa shape index (κ2) is 8.20. The molecule has 0 N–H and O–H groups in total. The lowest BCUT2D eigenvalue weighted by Gasteiger charge is -2.08. The van der Waals surface area contributed by atoms with Gasteiger partial charge in [0.25, 0.3) is 0 Å². The predicted molar refractivity (Wildman–Crippen MR) is 159 cm³/mol. The molecule has 0 unspecified atom stereocenters. The van der Waals surface area contributed by atoms with E-state index in [1.807, 2.05) is 12.1 Å². The Balaban J connectivity index is 1.46. The van der Waals surface area contributed by atoms with Crippen LogP contribution in [-0.2, 0) is 0 Å². The predicted octanol–water partition coefficient (Wildman–Crippen LogP) is 8.80. The van der Waals surface area contributed by atoms with Crippen molar-refractivity contribution < 1.29 is 0 Å². The van der Waals surface area contributed by atoms with Crippen molar-refractivity contribution in [3.63, 3.8) is 0 Å². The fourth-order valence-corrected chi connectivity index (χ4v) is 6.00. The Hall–Kier alpha value is -4.61. The van der Waals surface area contributed by atoms with E-state index in [-0.39, 0.29) is 0 Å². The van der Waals surface area contributed by atoms with Gasteiger partial charge < -0.3 is 0 Å². The molecule has 0 spiro atoms. The number of hydrogen-bond acceptors (Lipinski definition) is 1. The quantitative estimate of drug-likeness (QED) is 0.215. The Labute approximate surface area is 227 Å². The number of benzene rings is 5. The number of fused-ring (bicyclic) bond motifs is 7. The van der Waals surface area contributed by atoms with E-state index >= 15 is 0 Å². The van der Waals surface area contributed by atoms with Gasteiger partial charge in [0.1, 0.15) is 5.52 Å². The zero-order valence-electron chi connectivity index (χ0n) is 20.3. The summed E-state index contributed by atoms with van der Waals surface area (Å²) in [4.78, 5) is 5.33.